The molecule has 0 aliphatic heterocycles. The number of hydrogen-bond donors (Lipinski definition) is 2. The van der Waals surface area contributed by atoms with Crippen LogP contribution >= 0.6 is 0 Å². The molecule has 0 aliphatic carbocycles. The molecule has 0 aliphatic rings. The first-order valence-electron chi connectivity index (χ1n) is 6.12. The first kappa shape index (κ1) is 14.8. The Balaban J connectivity index is 2.11. The Morgan fingerprint density at radius 1 is 1.32 bits per heavy atom. The van der Waals surface area contributed by atoms with E-state index in [4.69, 9.17) is 5.11 Å². The van der Waals surface area contributed by atoms with Crippen molar-refractivity contribution in [2.24, 2.45) is 5.10 Å². The minimum atomic E-state index is -0.800. The zero-order chi connectivity index (χ0) is 13.9. The van der Waals surface area contributed by atoms with E-state index >= 15 is 0 Å². The highest BCUT2D eigenvalue weighted by Crippen LogP contribution is 2.02. The van der Waals surface area contributed by atoms with Crippen LogP contribution in [0.15, 0.2) is 29.6 Å². The van der Waals surface area contributed by atoms with Crippen LogP contribution in [0.4, 0.5) is 0 Å². The fraction of sp³-hybridized carbons (Fsp3) is 0.385. The second-order valence-corrected chi connectivity index (χ2v) is 4.03. The minimum Gasteiger partial charge on any atom is -0.481 e. The second-order valence-electron chi connectivity index (χ2n) is 4.03. The van der Waals surface area contributed by atoms with Crippen molar-refractivity contribution in [2.75, 3.05) is 0 Å². The molecule has 1 aromatic heterocycles. The van der Waals surface area contributed by atoms with Gasteiger partial charge in [0.15, 0.2) is 0 Å². The second kappa shape index (κ2) is 8.79. The molecule has 2 N–H and O–H groups in total. The Hall–Kier alpha value is -2.24. The number of nitrogens with zero attached hydrogens (tertiary/aromatic N) is 2. The SMILES string of the molecule is O=C(O)CCCCCC(=O)N/N=C/c1cccnc1. The summed E-state index contributed by atoms with van der Waals surface area (Å²) in [4.78, 5) is 25.6. The van der Waals surface area contributed by atoms with E-state index in [0.29, 0.717) is 19.3 Å². The summed E-state index contributed by atoms with van der Waals surface area (Å²) < 4.78 is 0. The highest BCUT2D eigenvalue weighted by molar-refractivity contribution is 5.81. The number of carboxylic acids is 1. The number of aliphatic carboxylic acids is 1. The lowest BCUT2D eigenvalue weighted by molar-refractivity contribution is -0.137. The number of rotatable bonds is 8. The Kier molecular flexibility index (Phi) is 6.86. The number of nitrogens with one attached hydrogen (secondary N) is 1. The van der Waals surface area contributed by atoms with Gasteiger partial charge in [0.2, 0.25) is 5.91 Å². The number of hydrogen-bond acceptors (Lipinski definition) is 4. The van der Waals surface area contributed by atoms with E-state index in [1.807, 2.05) is 6.07 Å². The van der Waals surface area contributed by atoms with Crippen LogP contribution in [0, 0.1) is 0 Å². The van der Waals surface area contributed by atoms with Gasteiger partial charge in [-0.15, -0.1) is 0 Å². The van der Waals surface area contributed by atoms with Crippen LogP contribution in [0.3, 0.4) is 0 Å². The van der Waals surface area contributed by atoms with Crippen LogP contribution < -0.4 is 5.43 Å². The third-order valence-corrected chi connectivity index (χ3v) is 2.38. The number of hydrazone groups is 1. The maximum Gasteiger partial charge on any atom is 0.303 e. The summed E-state index contributed by atoms with van der Waals surface area (Å²) in [6, 6.07) is 3.61. The molecule has 0 fully saturated rings. The predicted octanol–water partition coefficient (Wildman–Crippen LogP) is 1.57. The average molecular weight is 263 g/mol. The summed E-state index contributed by atoms with van der Waals surface area (Å²) in [5.41, 5.74) is 3.23. The molecule has 0 aromatic carbocycles. The summed E-state index contributed by atoms with van der Waals surface area (Å²) in [6.45, 7) is 0. The molecule has 0 radical (unpaired) electrons. The van der Waals surface area contributed by atoms with Crippen LogP contribution in [0.2, 0.25) is 0 Å². The van der Waals surface area contributed by atoms with Crippen molar-refractivity contribution >= 4 is 18.1 Å². The highest BCUT2D eigenvalue weighted by Gasteiger charge is 2.00. The van der Waals surface area contributed by atoms with E-state index in [1.165, 1.54) is 6.21 Å². The Labute approximate surface area is 111 Å². The van der Waals surface area contributed by atoms with Crippen LogP contribution in [0.1, 0.15) is 37.7 Å². The van der Waals surface area contributed by atoms with E-state index < -0.39 is 5.97 Å². The number of unbranched alkanes of at least 4 members (excludes halogenated alkanes) is 2. The van der Waals surface area contributed by atoms with Gasteiger partial charge in [-0.05, 0) is 18.9 Å². The fourth-order valence-corrected chi connectivity index (χ4v) is 1.43. The van der Waals surface area contributed by atoms with Crippen LogP contribution in [-0.2, 0) is 9.59 Å². The highest BCUT2D eigenvalue weighted by atomic mass is 16.4. The summed E-state index contributed by atoms with van der Waals surface area (Å²) in [7, 11) is 0. The van der Waals surface area contributed by atoms with Crippen molar-refractivity contribution in [1.82, 2.24) is 10.4 Å². The molecule has 1 aromatic rings. The van der Waals surface area contributed by atoms with Gasteiger partial charge in [-0.3, -0.25) is 14.6 Å². The van der Waals surface area contributed by atoms with Gasteiger partial charge in [0.05, 0.1) is 6.21 Å². The van der Waals surface area contributed by atoms with Crippen LogP contribution in [0.5, 0.6) is 0 Å². The number of carbonyl (C=O) groups excluding carboxylic acids is 1. The van der Waals surface area contributed by atoms with Crippen LogP contribution in [-0.4, -0.2) is 28.2 Å². The maximum absolute atomic E-state index is 11.4. The zero-order valence-corrected chi connectivity index (χ0v) is 10.6. The normalized spacial score (nSPS) is 10.5. The summed E-state index contributed by atoms with van der Waals surface area (Å²) in [6.07, 6.45) is 7.32. The molecule has 0 bridgehead atoms. The number of pyridine rings is 1. The quantitative estimate of drug-likeness (QED) is 0.423. The lowest BCUT2D eigenvalue weighted by atomic mass is 10.1. The van der Waals surface area contributed by atoms with Crippen molar-refractivity contribution in [3.63, 3.8) is 0 Å². The number of amides is 1. The third-order valence-electron chi connectivity index (χ3n) is 2.38. The van der Waals surface area contributed by atoms with Crippen molar-refractivity contribution < 1.29 is 14.7 Å². The molecule has 6 nitrogen and oxygen atoms in total. The molecule has 0 atom stereocenters. The maximum atomic E-state index is 11.4. The monoisotopic (exact) mass is 263 g/mol. The van der Waals surface area contributed by atoms with Gasteiger partial charge >= 0.3 is 5.97 Å². The Morgan fingerprint density at radius 3 is 2.79 bits per heavy atom. The van der Waals surface area contributed by atoms with Gasteiger partial charge < -0.3 is 5.11 Å². The minimum absolute atomic E-state index is 0.154. The van der Waals surface area contributed by atoms with E-state index in [9.17, 15) is 9.59 Å². The average Bonchev–Trinajstić information content (AvgIpc) is 2.39. The Bertz CT molecular complexity index is 432. The zero-order valence-electron chi connectivity index (χ0n) is 10.6. The van der Waals surface area contributed by atoms with Gasteiger partial charge in [-0.1, -0.05) is 12.5 Å². The number of carbonyl (C=O) groups is 2. The van der Waals surface area contributed by atoms with E-state index in [0.717, 1.165) is 12.0 Å². The molecule has 1 rings (SSSR count). The number of aromatic nitrogens is 1. The van der Waals surface area contributed by atoms with Gasteiger partial charge in [-0.2, -0.15) is 5.10 Å². The predicted molar refractivity (Wildman–Crippen MR) is 70.7 cm³/mol. The Morgan fingerprint density at radius 2 is 2.11 bits per heavy atom. The molecule has 0 spiro atoms. The molecule has 1 amide bonds. The van der Waals surface area contributed by atoms with Crippen molar-refractivity contribution in [2.45, 2.75) is 32.1 Å². The van der Waals surface area contributed by atoms with Gasteiger partial charge in [0, 0.05) is 30.8 Å². The first-order chi connectivity index (χ1) is 9.18. The van der Waals surface area contributed by atoms with Crippen molar-refractivity contribution in [3.8, 4) is 0 Å². The van der Waals surface area contributed by atoms with Gasteiger partial charge in [0.1, 0.15) is 0 Å². The summed E-state index contributed by atoms with van der Waals surface area (Å²) in [5, 5.41) is 12.3. The standard InChI is InChI=1S/C13H17N3O3/c17-12(6-2-1-3-7-13(18)19)16-15-10-11-5-4-8-14-9-11/h4-5,8-10H,1-3,6-7H2,(H,16,17)(H,18,19)/b15-10+. The van der Waals surface area contributed by atoms with E-state index in [-0.39, 0.29) is 12.3 Å². The summed E-state index contributed by atoms with van der Waals surface area (Å²) >= 11 is 0. The molecule has 0 unspecified atom stereocenters. The molecular weight excluding hydrogens is 246 g/mol. The third kappa shape index (κ3) is 7.64. The van der Waals surface area contributed by atoms with Crippen molar-refractivity contribution in [1.29, 1.82) is 0 Å². The lowest BCUT2D eigenvalue weighted by Crippen LogP contribution is -2.16. The van der Waals surface area contributed by atoms with Crippen molar-refractivity contribution in [3.05, 3.63) is 30.1 Å². The fourth-order valence-electron chi connectivity index (χ4n) is 1.43. The summed E-state index contributed by atoms with van der Waals surface area (Å²) in [5.74, 6) is -0.971. The molecule has 19 heavy (non-hydrogen) atoms. The largest absolute Gasteiger partial charge is 0.481 e. The molecule has 6 heteroatoms. The topological polar surface area (TPSA) is 91.6 Å². The molecule has 0 saturated heterocycles. The van der Waals surface area contributed by atoms with Gasteiger partial charge in [-0.25, -0.2) is 5.43 Å². The molecule has 0 saturated carbocycles. The molecule has 1 heterocycles. The number of carboxylic acid groups (broad SMARTS) is 1. The molecular formula is C13H17N3O3. The van der Waals surface area contributed by atoms with Crippen LogP contribution in [0.25, 0.3) is 0 Å². The van der Waals surface area contributed by atoms with E-state index in [1.54, 1.807) is 18.5 Å². The van der Waals surface area contributed by atoms with Gasteiger partial charge in [0.25, 0.3) is 0 Å². The molecule has 102 valence electrons. The smallest absolute Gasteiger partial charge is 0.303 e. The van der Waals surface area contributed by atoms with E-state index in [2.05, 4.69) is 15.5 Å². The lowest BCUT2D eigenvalue weighted by Gasteiger charge is -1.99. The first-order valence-corrected chi connectivity index (χ1v) is 6.12.